The fourth-order valence-electron chi connectivity index (χ4n) is 1.77. The summed E-state index contributed by atoms with van der Waals surface area (Å²) in [5.74, 6) is 0.580. The molecule has 2 N–H and O–H groups in total. The van der Waals surface area contributed by atoms with Crippen LogP contribution in [0.15, 0.2) is 21.6 Å². The third-order valence-corrected chi connectivity index (χ3v) is 4.74. The number of hydrogen-bond donors (Lipinski definition) is 2. The van der Waals surface area contributed by atoms with Crippen LogP contribution in [0, 0.1) is 0 Å². The second-order valence-corrected chi connectivity index (χ2v) is 6.79. The molecule has 0 spiro atoms. The van der Waals surface area contributed by atoms with Gasteiger partial charge in [0.05, 0.1) is 12.6 Å². The van der Waals surface area contributed by atoms with Crippen LogP contribution in [0.5, 0.6) is 0 Å². The Morgan fingerprint density at radius 3 is 2.67 bits per heavy atom. The number of hydrogen-bond acceptors (Lipinski definition) is 5. The summed E-state index contributed by atoms with van der Waals surface area (Å²) in [5, 5.41) is 12.3. The molecule has 0 radical (unpaired) electrons. The Balaban J connectivity index is 1.94. The van der Waals surface area contributed by atoms with Gasteiger partial charge in [-0.3, -0.25) is 0 Å². The van der Waals surface area contributed by atoms with Gasteiger partial charge in [-0.1, -0.05) is 0 Å². The van der Waals surface area contributed by atoms with E-state index in [1.54, 1.807) is 6.07 Å². The third kappa shape index (κ3) is 2.74. The van der Waals surface area contributed by atoms with Gasteiger partial charge in [0.2, 0.25) is 5.09 Å². The number of sulfonamides is 1. The van der Waals surface area contributed by atoms with E-state index in [0.717, 1.165) is 17.1 Å². The molecule has 102 valence electrons. The molecule has 1 aliphatic rings. The Morgan fingerprint density at radius 1 is 1.44 bits per heavy atom. The maximum atomic E-state index is 11.8. The van der Waals surface area contributed by atoms with E-state index in [1.807, 2.05) is 0 Å². The molecule has 0 bridgehead atoms. The molecular formula is C11H18N2O4S. The molecule has 18 heavy (non-hydrogen) atoms. The SMILES string of the molecule is CN(C)S(=O)(=O)c1ccc(CNC2CC(O)C2)o1. The number of nitrogens with zero attached hydrogens (tertiary/aromatic N) is 1. The highest BCUT2D eigenvalue weighted by molar-refractivity contribution is 7.88. The fourth-order valence-corrected chi connectivity index (χ4v) is 2.58. The number of aliphatic hydroxyl groups excluding tert-OH is 1. The minimum absolute atomic E-state index is 0.0436. The minimum atomic E-state index is -3.50. The molecule has 1 heterocycles. The zero-order valence-electron chi connectivity index (χ0n) is 10.5. The lowest BCUT2D eigenvalue weighted by Gasteiger charge is -2.31. The van der Waals surface area contributed by atoms with Crippen molar-refractivity contribution >= 4 is 10.0 Å². The van der Waals surface area contributed by atoms with E-state index >= 15 is 0 Å². The summed E-state index contributed by atoms with van der Waals surface area (Å²) < 4.78 is 30.0. The molecule has 0 amide bonds. The Hall–Kier alpha value is -0.890. The van der Waals surface area contributed by atoms with Gasteiger partial charge in [-0.15, -0.1) is 0 Å². The lowest BCUT2D eigenvalue weighted by molar-refractivity contribution is 0.0610. The second kappa shape index (κ2) is 5.00. The molecule has 0 saturated heterocycles. The van der Waals surface area contributed by atoms with Crippen molar-refractivity contribution in [3.05, 3.63) is 17.9 Å². The molecule has 2 rings (SSSR count). The first kappa shape index (κ1) is 13.5. The average molecular weight is 274 g/mol. The van der Waals surface area contributed by atoms with Gasteiger partial charge >= 0.3 is 0 Å². The van der Waals surface area contributed by atoms with Crippen LogP contribution in [0.25, 0.3) is 0 Å². The lowest BCUT2D eigenvalue weighted by atomic mass is 9.89. The molecule has 1 aliphatic carbocycles. The van der Waals surface area contributed by atoms with Crippen LogP contribution in [0.1, 0.15) is 18.6 Å². The topological polar surface area (TPSA) is 82.8 Å². The first-order valence-electron chi connectivity index (χ1n) is 5.82. The number of furan rings is 1. The Morgan fingerprint density at radius 2 is 2.11 bits per heavy atom. The monoisotopic (exact) mass is 274 g/mol. The molecule has 0 aliphatic heterocycles. The average Bonchev–Trinajstić information content (AvgIpc) is 2.71. The first-order chi connectivity index (χ1) is 8.39. The summed E-state index contributed by atoms with van der Waals surface area (Å²) in [6, 6.07) is 3.40. The summed E-state index contributed by atoms with van der Waals surface area (Å²) in [7, 11) is -0.568. The minimum Gasteiger partial charge on any atom is -0.447 e. The van der Waals surface area contributed by atoms with Gasteiger partial charge in [0.25, 0.3) is 10.0 Å². The molecule has 1 saturated carbocycles. The van der Waals surface area contributed by atoms with Gasteiger partial charge < -0.3 is 14.8 Å². The van der Waals surface area contributed by atoms with Crippen LogP contribution in [0.3, 0.4) is 0 Å². The van der Waals surface area contributed by atoms with E-state index in [-0.39, 0.29) is 11.2 Å². The second-order valence-electron chi connectivity index (χ2n) is 4.71. The molecule has 6 nitrogen and oxygen atoms in total. The van der Waals surface area contributed by atoms with E-state index in [4.69, 9.17) is 9.52 Å². The van der Waals surface area contributed by atoms with Crippen LogP contribution in [0.4, 0.5) is 0 Å². The van der Waals surface area contributed by atoms with Gasteiger partial charge in [0, 0.05) is 20.1 Å². The van der Waals surface area contributed by atoms with E-state index < -0.39 is 10.0 Å². The van der Waals surface area contributed by atoms with Crippen molar-refractivity contribution in [2.75, 3.05) is 14.1 Å². The fraction of sp³-hybridized carbons (Fsp3) is 0.636. The van der Waals surface area contributed by atoms with Gasteiger partial charge in [-0.2, -0.15) is 0 Å². The Labute approximate surface area is 107 Å². The molecule has 7 heteroatoms. The predicted molar refractivity (Wildman–Crippen MR) is 65.4 cm³/mol. The summed E-state index contributed by atoms with van der Waals surface area (Å²) in [6.07, 6.45) is 1.27. The van der Waals surface area contributed by atoms with Crippen molar-refractivity contribution in [1.29, 1.82) is 0 Å². The molecule has 1 aromatic heterocycles. The Bertz CT molecular complexity index is 503. The standard InChI is InChI=1S/C11H18N2O4S/c1-13(2)18(15,16)11-4-3-10(17-11)7-12-8-5-9(14)6-8/h3-4,8-9,12,14H,5-7H2,1-2H3. The van der Waals surface area contributed by atoms with E-state index in [9.17, 15) is 8.42 Å². The summed E-state index contributed by atoms with van der Waals surface area (Å²) in [5.41, 5.74) is 0. The zero-order valence-corrected chi connectivity index (χ0v) is 11.3. The maximum absolute atomic E-state index is 11.8. The smallest absolute Gasteiger partial charge is 0.275 e. The van der Waals surface area contributed by atoms with Crippen molar-refractivity contribution in [3.8, 4) is 0 Å². The molecule has 0 atom stereocenters. The van der Waals surface area contributed by atoms with Crippen molar-refractivity contribution in [1.82, 2.24) is 9.62 Å². The number of nitrogens with one attached hydrogen (secondary N) is 1. The van der Waals surface area contributed by atoms with Gasteiger partial charge in [-0.05, 0) is 25.0 Å². The first-order valence-corrected chi connectivity index (χ1v) is 7.26. The summed E-state index contributed by atoms with van der Waals surface area (Å²) in [6.45, 7) is 0.473. The van der Waals surface area contributed by atoms with E-state index in [1.165, 1.54) is 20.2 Å². The van der Waals surface area contributed by atoms with Crippen LogP contribution >= 0.6 is 0 Å². The van der Waals surface area contributed by atoms with Crippen molar-refractivity contribution in [2.45, 2.75) is 36.6 Å². The maximum Gasteiger partial charge on any atom is 0.275 e. The molecule has 0 aromatic carbocycles. The van der Waals surface area contributed by atoms with Crippen molar-refractivity contribution in [3.63, 3.8) is 0 Å². The van der Waals surface area contributed by atoms with Gasteiger partial charge in [0.1, 0.15) is 5.76 Å². The summed E-state index contributed by atoms with van der Waals surface area (Å²) >= 11 is 0. The molecular weight excluding hydrogens is 256 g/mol. The van der Waals surface area contributed by atoms with Crippen LogP contribution in [0.2, 0.25) is 0 Å². The van der Waals surface area contributed by atoms with Gasteiger partial charge in [0.15, 0.2) is 0 Å². The highest BCUT2D eigenvalue weighted by Gasteiger charge is 2.27. The highest BCUT2D eigenvalue weighted by Crippen LogP contribution is 2.21. The highest BCUT2D eigenvalue weighted by atomic mass is 32.2. The Kier molecular flexibility index (Phi) is 3.76. The van der Waals surface area contributed by atoms with Crippen LogP contribution in [-0.2, 0) is 16.6 Å². The normalized spacial score (nSPS) is 24.2. The predicted octanol–water partition coefficient (Wildman–Crippen LogP) is 0.143. The number of aliphatic hydroxyl groups is 1. The molecule has 1 aromatic rings. The molecule has 0 unspecified atom stereocenters. The van der Waals surface area contributed by atoms with Crippen LogP contribution in [-0.4, -0.2) is 44.1 Å². The van der Waals surface area contributed by atoms with E-state index in [2.05, 4.69) is 5.32 Å². The lowest BCUT2D eigenvalue weighted by Crippen LogP contribution is -2.43. The largest absolute Gasteiger partial charge is 0.447 e. The van der Waals surface area contributed by atoms with E-state index in [0.29, 0.717) is 18.3 Å². The third-order valence-electron chi connectivity index (χ3n) is 3.05. The van der Waals surface area contributed by atoms with Crippen molar-refractivity contribution < 1.29 is 17.9 Å². The van der Waals surface area contributed by atoms with Crippen molar-refractivity contribution in [2.24, 2.45) is 0 Å². The van der Waals surface area contributed by atoms with Gasteiger partial charge in [-0.25, -0.2) is 12.7 Å². The zero-order chi connectivity index (χ0) is 13.3. The quantitative estimate of drug-likeness (QED) is 0.798. The van der Waals surface area contributed by atoms with Crippen LogP contribution < -0.4 is 5.32 Å². The molecule has 1 fully saturated rings. The summed E-state index contributed by atoms with van der Waals surface area (Å²) in [4.78, 5) is 0. The number of rotatable bonds is 5.